The Morgan fingerprint density at radius 2 is 0.667 bits per heavy atom. The summed E-state index contributed by atoms with van der Waals surface area (Å²) in [7, 11) is 0. The molecule has 0 fully saturated rings. The van der Waals surface area contributed by atoms with Gasteiger partial charge in [-0.05, 0) is 0 Å². The van der Waals surface area contributed by atoms with Crippen LogP contribution in [0.25, 0.3) is 0 Å². The van der Waals surface area contributed by atoms with Crippen molar-refractivity contribution in [2.24, 2.45) is 0 Å². The van der Waals surface area contributed by atoms with Gasteiger partial charge in [0.1, 0.15) is 0 Å². The first-order valence-corrected chi connectivity index (χ1v) is 0. The molecule has 6 heavy (non-hydrogen) atoms. The molecule has 0 heterocycles. The molecule has 0 unspecified atom stereocenters. The van der Waals surface area contributed by atoms with Crippen molar-refractivity contribution in [2.45, 2.75) is 0 Å². The Morgan fingerprint density at radius 1 is 0.667 bits per heavy atom. The number of halogens is 3. The normalized spacial score (nSPS) is 0. The third-order valence-electron chi connectivity index (χ3n) is 0. The van der Waals surface area contributed by atoms with Crippen LogP contribution in [0.5, 0.6) is 0 Å². The molecule has 0 aliphatic heterocycles. The van der Waals surface area contributed by atoms with Crippen LogP contribution in [0.1, 0.15) is 0 Å². The second kappa shape index (κ2) is 46.7. The van der Waals surface area contributed by atoms with E-state index in [1.807, 2.05) is 0 Å². The van der Waals surface area contributed by atoms with Crippen LogP contribution in [0.3, 0.4) is 0 Å². The van der Waals surface area contributed by atoms with Gasteiger partial charge in [-0.3, -0.25) is 0 Å². The van der Waals surface area contributed by atoms with Gasteiger partial charge in [0.2, 0.25) is 0 Å². The van der Waals surface area contributed by atoms with Crippen molar-refractivity contribution in [3.05, 3.63) is 0 Å². The van der Waals surface area contributed by atoms with Crippen molar-refractivity contribution >= 4 is 60.4 Å². The molecule has 6 heteroatoms. The summed E-state index contributed by atoms with van der Waals surface area (Å²) in [6.07, 6.45) is 0. The molecule has 0 saturated heterocycles. The molecule has 0 bridgehead atoms. The van der Waals surface area contributed by atoms with Crippen molar-refractivity contribution in [1.29, 1.82) is 0 Å². The monoisotopic (exact) mass is 189 g/mol. The quantitative estimate of drug-likeness (QED) is 0.333. The molecule has 0 amide bonds. The smallest absolute Gasteiger partial charge is 1.00 e. The van der Waals surface area contributed by atoms with Crippen LogP contribution in [0.2, 0.25) is 0 Å². The van der Waals surface area contributed by atoms with E-state index >= 15 is 0 Å². The summed E-state index contributed by atoms with van der Waals surface area (Å²) in [6.45, 7) is 0. The average Bonchev–Trinajstić information content (AvgIpc) is 0. The molecule has 0 nitrogen and oxygen atoms in total. The summed E-state index contributed by atoms with van der Waals surface area (Å²) in [6, 6.07) is 0. The summed E-state index contributed by atoms with van der Waals surface area (Å²) < 4.78 is 0. The van der Waals surface area contributed by atoms with E-state index in [9.17, 15) is 0 Å². The molecular weight excluding hydrogens is 188 g/mol. The van der Waals surface area contributed by atoms with Gasteiger partial charge in [-0.1, -0.05) is 0 Å². The molecule has 0 aromatic heterocycles. The van der Waals surface area contributed by atoms with Gasteiger partial charge in [-0.2, -0.15) is 13.5 Å². The molecule has 1 radical (unpaired) electrons. The maximum Gasteiger partial charge on any atom is 3.00 e. The second-order valence-electron chi connectivity index (χ2n) is 0. The first-order chi connectivity index (χ1) is 0. The van der Waals surface area contributed by atoms with E-state index in [-0.39, 0.29) is 97.6 Å². The van der Waals surface area contributed by atoms with E-state index < -0.39 is 0 Å². The van der Waals surface area contributed by atoms with E-state index in [2.05, 4.69) is 0 Å². The summed E-state index contributed by atoms with van der Waals surface area (Å²) in [5, 5.41) is 0. The minimum Gasteiger partial charge on any atom is -1.00 e. The van der Waals surface area contributed by atoms with Crippen molar-refractivity contribution in [2.75, 3.05) is 0 Å². The maximum absolute atomic E-state index is 0. The second-order valence-corrected chi connectivity index (χ2v) is 0. The van der Waals surface area contributed by atoms with Crippen LogP contribution < -0.4 is 37.2 Å². The van der Waals surface area contributed by atoms with Gasteiger partial charge >= 0.3 is 17.4 Å². The average molecular weight is 190 g/mol. The van der Waals surface area contributed by atoms with Gasteiger partial charge in [0, 0.05) is 29.6 Å². The van der Waals surface area contributed by atoms with Crippen LogP contribution in [0, 0.1) is 0 Å². The van der Waals surface area contributed by atoms with Crippen molar-refractivity contribution in [3.63, 3.8) is 0 Å². The van der Waals surface area contributed by atoms with Crippen LogP contribution in [-0.2, 0) is 0 Å². The van der Waals surface area contributed by atoms with Gasteiger partial charge in [0.15, 0.2) is 0 Å². The third kappa shape index (κ3) is 29.5. The van der Waals surface area contributed by atoms with Crippen LogP contribution in [0.15, 0.2) is 0 Å². The summed E-state index contributed by atoms with van der Waals surface area (Å²) in [5.74, 6) is 0. The largest absolute Gasteiger partial charge is 3.00 e. The fourth-order valence-electron chi connectivity index (χ4n) is 0. The maximum atomic E-state index is 0. The Labute approximate surface area is 96.3 Å². The fraction of sp³-hybridized carbons (Fsp3) is 0. The van der Waals surface area contributed by atoms with E-state index in [0.29, 0.717) is 0 Å². The van der Waals surface area contributed by atoms with Gasteiger partial charge in [0.05, 0.1) is 0 Å². The molecule has 0 spiro atoms. The molecule has 0 atom stereocenters. The van der Waals surface area contributed by atoms with Crippen LogP contribution in [-0.4, -0.2) is 46.9 Å². The van der Waals surface area contributed by atoms with E-state index in [4.69, 9.17) is 0 Å². The first-order valence-electron chi connectivity index (χ1n) is 0. The summed E-state index contributed by atoms with van der Waals surface area (Å²) in [4.78, 5) is 0. The number of rotatable bonds is 0. The Balaban J connectivity index is 0. The first kappa shape index (κ1) is 69.4. The molecule has 0 saturated carbocycles. The SMILES string of the molecule is S.[Al+3].[Cl-].[Cl-].[Cl-].[Na]. The van der Waals surface area contributed by atoms with E-state index in [0.717, 1.165) is 0 Å². The van der Waals surface area contributed by atoms with Crippen molar-refractivity contribution in [1.82, 2.24) is 0 Å². The van der Waals surface area contributed by atoms with Crippen LogP contribution in [0.4, 0.5) is 0 Å². The number of hydrogen-bond acceptors (Lipinski definition) is 0. The zero-order valence-corrected chi connectivity index (χ0v) is 9.63. The van der Waals surface area contributed by atoms with Gasteiger partial charge in [-0.15, -0.1) is 0 Å². The molecular formula is H2AlCl3NaS. The van der Waals surface area contributed by atoms with Crippen molar-refractivity contribution < 1.29 is 37.2 Å². The van der Waals surface area contributed by atoms with Crippen LogP contribution >= 0.6 is 13.5 Å². The zero-order chi connectivity index (χ0) is 0. The van der Waals surface area contributed by atoms with E-state index in [1.54, 1.807) is 0 Å². The summed E-state index contributed by atoms with van der Waals surface area (Å²) >= 11 is 0. The Bertz CT molecular complexity index is 10.8. The van der Waals surface area contributed by atoms with Gasteiger partial charge < -0.3 is 37.2 Å². The Kier molecular flexibility index (Phi) is 540. The predicted octanol–water partition coefficient (Wildman–Crippen LogP) is -9.64. The van der Waals surface area contributed by atoms with E-state index in [1.165, 1.54) is 0 Å². The molecule has 0 aromatic carbocycles. The molecule has 0 aromatic rings. The molecule has 33 valence electrons. The molecule has 0 N–H and O–H groups in total. The minimum absolute atomic E-state index is 0. The minimum atomic E-state index is 0. The van der Waals surface area contributed by atoms with Gasteiger partial charge in [0.25, 0.3) is 0 Å². The topological polar surface area (TPSA) is 0 Å². The summed E-state index contributed by atoms with van der Waals surface area (Å²) in [5.41, 5.74) is 0. The molecule has 0 aliphatic rings. The Hall–Kier alpha value is 2.75. The molecule has 0 rings (SSSR count). The van der Waals surface area contributed by atoms with Crippen molar-refractivity contribution in [3.8, 4) is 0 Å². The molecule has 0 aliphatic carbocycles. The third-order valence-corrected chi connectivity index (χ3v) is 0. The van der Waals surface area contributed by atoms with Gasteiger partial charge in [-0.25, -0.2) is 0 Å². The number of hydrogen-bond donors (Lipinski definition) is 0. The fourth-order valence-corrected chi connectivity index (χ4v) is 0. The Morgan fingerprint density at radius 3 is 0.667 bits per heavy atom. The predicted molar refractivity (Wildman–Crippen MR) is 21.9 cm³/mol. The standard InChI is InChI=1S/Al.3ClH.Na.H2S/h;3*1H;;1H2/q+3;;;;;/p-3. The zero-order valence-electron chi connectivity index (χ0n) is 3.21.